The van der Waals surface area contributed by atoms with Gasteiger partial charge in [0, 0.05) is 17.2 Å². The van der Waals surface area contributed by atoms with Crippen LogP contribution in [0.25, 0.3) is 11.3 Å². The number of H-pyrrole nitrogens is 1. The van der Waals surface area contributed by atoms with Gasteiger partial charge in [-0.2, -0.15) is 5.10 Å². The van der Waals surface area contributed by atoms with E-state index >= 15 is 0 Å². The minimum Gasteiger partial charge on any atom is -0.495 e. The molecular weight excluding hydrogens is 414 g/mol. The number of sulfonamides is 1. The third-order valence-electron chi connectivity index (χ3n) is 5.66. The van der Waals surface area contributed by atoms with Crippen molar-refractivity contribution in [3.8, 4) is 17.0 Å². The summed E-state index contributed by atoms with van der Waals surface area (Å²) >= 11 is 0. The van der Waals surface area contributed by atoms with E-state index in [1.165, 1.54) is 7.11 Å². The zero-order valence-electron chi connectivity index (χ0n) is 17.5. The highest BCUT2D eigenvalue weighted by atomic mass is 32.2. The maximum atomic E-state index is 13.3. The van der Waals surface area contributed by atoms with Crippen LogP contribution in [0, 0.1) is 0 Å². The van der Waals surface area contributed by atoms with Crippen molar-refractivity contribution in [2.24, 2.45) is 0 Å². The molecule has 162 valence electrons. The second-order valence-electron chi connectivity index (χ2n) is 7.68. The topological polar surface area (TPSA) is 101 Å². The quantitative estimate of drug-likeness (QED) is 0.613. The van der Waals surface area contributed by atoms with E-state index in [0.717, 1.165) is 36.0 Å². The molecule has 1 atom stereocenters. The van der Waals surface area contributed by atoms with Crippen LogP contribution in [0.3, 0.4) is 0 Å². The normalized spacial score (nSPS) is 14.6. The van der Waals surface area contributed by atoms with E-state index in [1.54, 1.807) is 25.1 Å². The molecule has 0 saturated carbocycles. The van der Waals surface area contributed by atoms with Crippen molar-refractivity contribution in [3.05, 3.63) is 75.6 Å². The van der Waals surface area contributed by atoms with Crippen LogP contribution in [0.1, 0.15) is 42.5 Å². The van der Waals surface area contributed by atoms with E-state index < -0.39 is 16.1 Å². The molecule has 0 fully saturated rings. The number of nitrogens with zero attached hydrogens (tertiary/aromatic N) is 1. The van der Waals surface area contributed by atoms with Gasteiger partial charge in [0.15, 0.2) is 0 Å². The first-order valence-electron chi connectivity index (χ1n) is 10.3. The van der Waals surface area contributed by atoms with Gasteiger partial charge >= 0.3 is 0 Å². The van der Waals surface area contributed by atoms with Crippen molar-refractivity contribution in [2.75, 3.05) is 7.11 Å². The van der Waals surface area contributed by atoms with Gasteiger partial charge in [-0.3, -0.25) is 4.79 Å². The maximum Gasteiger partial charge on any atom is 0.267 e. The molecule has 1 heterocycles. The Labute approximate surface area is 181 Å². The Balaban J connectivity index is 1.76. The lowest BCUT2D eigenvalue weighted by molar-refractivity contribution is 0.402. The molecule has 3 aromatic rings. The van der Waals surface area contributed by atoms with Crippen LogP contribution in [-0.4, -0.2) is 25.7 Å². The minimum atomic E-state index is -3.89. The molecule has 0 aliphatic heterocycles. The Morgan fingerprint density at radius 3 is 2.48 bits per heavy atom. The van der Waals surface area contributed by atoms with Gasteiger partial charge < -0.3 is 4.74 Å². The number of aromatic nitrogens is 2. The first-order chi connectivity index (χ1) is 14.9. The van der Waals surface area contributed by atoms with Crippen LogP contribution >= 0.6 is 0 Å². The number of aromatic amines is 1. The molecule has 4 rings (SSSR count). The van der Waals surface area contributed by atoms with Crippen molar-refractivity contribution < 1.29 is 13.2 Å². The van der Waals surface area contributed by atoms with Crippen LogP contribution < -0.4 is 15.0 Å². The second kappa shape index (κ2) is 8.64. The summed E-state index contributed by atoms with van der Waals surface area (Å²) in [6.45, 7) is 1.79. The fourth-order valence-electron chi connectivity index (χ4n) is 4.04. The molecule has 8 heteroatoms. The molecular formula is C23H25N3O4S. The lowest BCUT2D eigenvalue weighted by atomic mass is 9.90. The van der Waals surface area contributed by atoms with E-state index in [1.807, 2.05) is 30.3 Å². The number of hydrogen-bond acceptors (Lipinski definition) is 5. The van der Waals surface area contributed by atoms with E-state index in [-0.39, 0.29) is 16.2 Å². The van der Waals surface area contributed by atoms with Gasteiger partial charge in [0.05, 0.1) is 12.8 Å². The van der Waals surface area contributed by atoms with Gasteiger partial charge in [0.2, 0.25) is 10.0 Å². The first-order valence-corrected chi connectivity index (χ1v) is 11.7. The second-order valence-corrected chi connectivity index (χ2v) is 9.37. The molecule has 1 aliphatic carbocycles. The van der Waals surface area contributed by atoms with Crippen molar-refractivity contribution in [3.63, 3.8) is 0 Å². The molecule has 0 radical (unpaired) electrons. The summed E-state index contributed by atoms with van der Waals surface area (Å²) in [6.07, 6.45) is 3.39. The Hall–Kier alpha value is -2.97. The van der Waals surface area contributed by atoms with Gasteiger partial charge in [0.1, 0.15) is 10.6 Å². The molecule has 2 aromatic carbocycles. The summed E-state index contributed by atoms with van der Waals surface area (Å²) < 4.78 is 34.6. The molecule has 7 nitrogen and oxygen atoms in total. The smallest absolute Gasteiger partial charge is 0.267 e. The SMILES string of the molecule is COc1ccc(-c2n[nH]c(=O)c3c2CCCC3)cc1S(=O)(=O)N[C@@H](C)c1ccccc1. The molecule has 1 aromatic heterocycles. The minimum absolute atomic E-state index is 0.0350. The van der Waals surface area contributed by atoms with E-state index in [0.29, 0.717) is 17.7 Å². The molecule has 0 bridgehead atoms. The van der Waals surface area contributed by atoms with Crippen molar-refractivity contribution in [1.29, 1.82) is 0 Å². The summed E-state index contributed by atoms with van der Waals surface area (Å²) in [5.41, 5.74) is 3.57. The van der Waals surface area contributed by atoms with E-state index in [9.17, 15) is 13.2 Å². The Morgan fingerprint density at radius 2 is 1.77 bits per heavy atom. The van der Waals surface area contributed by atoms with E-state index in [2.05, 4.69) is 14.9 Å². The molecule has 0 spiro atoms. The number of nitrogens with one attached hydrogen (secondary N) is 2. The maximum absolute atomic E-state index is 13.3. The van der Waals surface area contributed by atoms with Gasteiger partial charge in [-0.25, -0.2) is 18.2 Å². The average Bonchev–Trinajstić information content (AvgIpc) is 2.79. The zero-order valence-corrected chi connectivity index (χ0v) is 18.3. The standard InChI is InChI=1S/C23H25N3O4S/c1-15(16-8-4-3-5-9-16)26-31(28,29)21-14-17(12-13-20(21)30-2)22-18-10-6-7-11-19(18)23(27)25-24-22/h3-5,8-9,12-15,26H,6-7,10-11H2,1-2H3,(H,25,27)/t15-/m0/s1. The van der Waals surface area contributed by atoms with Gasteiger partial charge in [-0.1, -0.05) is 30.3 Å². The van der Waals surface area contributed by atoms with Crippen LogP contribution in [0.4, 0.5) is 0 Å². The van der Waals surface area contributed by atoms with Crippen LogP contribution in [0.2, 0.25) is 0 Å². The molecule has 0 unspecified atom stereocenters. The molecule has 0 amide bonds. The number of methoxy groups -OCH3 is 1. The largest absolute Gasteiger partial charge is 0.495 e. The Bertz CT molecular complexity index is 1250. The Morgan fingerprint density at radius 1 is 1.06 bits per heavy atom. The summed E-state index contributed by atoms with van der Waals surface area (Å²) in [4.78, 5) is 12.2. The number of hydrogen-bond donors (Lipinski definition) is 2. The van der Waals surface area contributed by atoms with Crippen LogP contribution in [0.15, 0.2) is 58.2 Å². The highest BCUT2D eigenvalue weighted by molar-refractivity contribution is 7.89. The first kappa shape index (κ1) is 21.3. The molecule has 2 N–H and O–H groups in total. The van der Waals surface area contributed by atoms with Crippen molar-refractivity contribution >= 4 is 10.0 Å². The van der Waals surface area contributed by atoms with Gasteiger partial charge in [-0.05, 0) is 61.9 Å². The van der Waals surface area contributed by atoms with Crippen molar-refractivity contribution in [2.45, 2.75) is 43.5 Å². The summed E-state index contributed by atoms with van der Waals surface area (Å²) in [5.74, 6) is 0.245. The number of fused-ring (bicyclic) bond motifs is 1. The number of ether oxygens (including phenoxy) is 1. The number of benzene rings is 2. The highest BCUT2D eigenvalue weighted by Gasteiger charge is 2.25. The van der Waals surface area contributed by atoms with Gasteiger partial charge in [0.25, 0.3) is 5.56 Å². The third kappa shape index (κ3) is 4.26. The average molecular weight is 440 g/mol. The van der Waals surface area contributed by atoms with E-state index in [4.69, 9.17) is 4.74 Å². The Kier molecular flexibility index (Phi) is 5.93. The zero-order chi connectivity index (χ0) is 22.0. The number of rotatable bonds is 6. The van der Waals surface area contributed by atoms with Crippen molar-refractivity contribution in [1.82, 2.24) is 14.9 Å². The predicted octanol–water partition coefficient (Wildman–Crippen LogP) is 3.36. The van der Waals surface area contributed by atoms with Crippen LogP contribution in [0.5, 0.6) is 5.75 Å². The van der Waals surface area contributed by atoms with Gasteiger partial charge in [-0.15, -0.1) is 0 Å². The fraction of sp³-hybridized carbons (Fsp3) is 0.304. The lowest BCUT2D eigenvalue weighted by Crippen LogP contribution is -2.27. The third-order valence-corrected chi connectivity index (χ3v) is 7.22. The highest BCUT2D eigenvalue weighted by Crippen LogP contribution is 2.33. The summed E-state index contributed by atoms with van der Waals surface area (Å²) in [5, 5.41) is 6.82. The molecule has 1 aliphatic rings. The fourth-order valence-corrected chi connectivity index (χ4v) is 5.46. The molecule has 0 saturated heterocycles. The monoisotopic (exact) mass is 439 g/mol. The lowest BCUT2D eigenvalue weighted by Gasteiger charge is -2.19. The predicted molar refractivity (Wildman–Crippen MR) is 119 cm³/mol. The summed E-state index contributed by atoms with van der Waals surface area (Å²) in [7, 11) is -2.45. The molecule has 31 heavy (non-hydrogen) atoms. The van der Waals surface area contributed by atoms with Crippen LogP contribution in [-0.2, 0) is 22.9 Å². The summed E-state index contributed by atoms with van der Waals surface area (Å²) in [6, 6.07) is 13.9.